The summed E-state index contributed by atoms with van der Waals surface area (Å²) in [6.45, 7) is 3.65. The highest BCUT2D eigenvalue weighted by Crippen LogP contribution is 2.23. The molecular formula is C17H22N2O5S. The van der Waals surface area contributed by atoms with Crippen molar-refractivity contribution in [1.29, 1.82) is 0 Å². The number of esters is 1. The molecule has 3 heterocycles. The van der Waals surface area contributed by atoms with E-state index in [0.717, 1.165) is 6.42 Å². The normalized spacial score (nSPS) is 23.6. The Morgan fingerprint density at radius 1 is 1.36 bits per heavy atom. The Bertz CT molecular complexity index is 633. The van der Waals surface area contributed by atoms with Crippen molar-refractivity contribution in [3.05, 3.63) is 22.4 Å². The lowest BCUT2D eigenvalue weighted by molar-refractivity contribution is -0.157. The zero-order valence-electron chi connectivity index (χ0n) is 14.2. The lowest BCUT2D eigenvalue weighted by atomic mass is 10.2. The summed E-state index contributed by atoms with van der Waals surface area (Å²) in [5, 5.41) is 1.83. The van der Waals surface area contributed by atoms with E-state index in [1.165, 1.54) is 11.3 Å². The van der Waals surface area contributed by atoms with Crippen LogP contribution < -0.4 is 0 Å². The minimum atomic E-state index is -0.606. The van der Waals surface area contributed by atoms with Crippen LogP contribution in [0.4, 0.5) is 0 Å². The highest BCUT2D eigenvalue weighted by molar-refractivity contribution is 7.12. The van der Waals surface area contributed by atoms with Gasteiger partial charge in [-0.1, -0.05) is 6.07 Å². The average Bonchev–Trinajstić information content (AvgIpc) is 3.30. The van der Waals surface area contributed by atoms with Gasteiger partial charge in [0.05, 0.1) is 17.6 Å². The van der Waals surface area contributed by atoms with Crippen molar-refractivity contribution in [3.8, 4) is 0 Å². The minimum Gasteiger partial charge on any atom is -0.454 e. The van der Waals surface area contributed by atoms with Gasteiger partial charge in [0, 0.05) is 19.6 Å². The van der Waals surface area contributed by atoms with Gasteiger partial charge < -0.3 is 19.3 Å². The molecule has 136 valence electrons. The zero-order chi connectivity index (χ0) is 17.8. The molecule has 2 aliphatic heterocycles. The van der Waals surface area contributed by atoms with Gasteiger partial charge in [-0.15, -0.1) is 11.3 Å². The number of carbonyl (C=O) groups excluding carboxylic acids is 3. The van der Waals surface area contributed by atoms with Crippen LogP contribution >= 0.6 is 11.3 Å². The van der Waals surface area contributed by atoms with Crippen LogP contribution in [0, 0.1) is 0 Å². The van der Waals surface area contributed by atoms with Crippen LogP contribution in [0.25, 0.3) is 0 Å². The van der Waals surface area contributed by atoms with Crippen molar-refractivity contribution < 1.29 is 23.9 Å². The zero-order valence-corrected chi connectivity index (χ0v) is 15.0. The average molecular weight is 366 g/mol. The molecule has 0 radical (unpaired) electrons. The second-order valence-electron chi connectivity index (χ2n) is 6.26. The molecule has 0 spiro atoms. The van der Waals surface area contributed by atoms with Crippen molar-refractivity contribution in [2.45, 2.75) is 31.9 Å². The standard InChI is InChI=1S/C17H22N2O5S/c1-12-10-18(7-8-23-12)15(20)11-24-17(22)13-4-2-6-19(13)16(21)14-5-3-9-25-14/h3,5,9,12-13H,2,4,6-8,10-11H2,1H3/t12?,13-/m0/s1. The third kappa shape index (κ3) is 4.19. The second kappa shape index (κ2) is 7.97. The summed E-state index contributed by atoms with van der Waals surface area (Å²) >= 11 is 1.35. The summed E-state index contributed by atoms with van der Waals surface area (Å²) in [5.41, 5.74) is 0. The molecule has 1 aromatic heterocycles. The first-order valence-corrected chi connectivity index (χ1v) is 9.34. The molecule has 2 fully saturated rings. The van der Waals surface area contributed by atoms with Gasteiger partial charge in [0.1, 0.15) is 6.04 Å². The molecule has 25 heavy (non-hydrogen) atoms. The number of rotatable bonds is 4. The summed E-state index contributed by atoms with van der Waals surface area (Å²) in [5.74, 6) is -0.877. The number of nitrogens with zero attached hydrogens (tertiary/aromatic N) is 2. The molecule has 0 bridgehead atoms. The molecule has 2 saturated heterocycles. The van der Waals surface area contributed by atoms with E-state index in [0.29, 0.717) is 37.5 Å². The third-order valence-electron chi connectivity index (χ3n) is 4.45. The lowest BCUT2D eigenvalue weighted by Crippen LogP contribution is -2.47. The first-order valence-electron chi connectivity index (χ1n) is 8.46. The fourth-order valence-corrected chi connectivity index (χ4v) is 3.84. The van der Waals surface area contributed by atoms with Crippen molar-refractivity contribution in [2.24, 2.45) is 0 Å². The van der Waals surface area contributed by atoms with Crippen molar-refractivity contribution in [1.82, 2.24) is 9.80 Å². The van der Waals surface area contributed by atoms with E-state index in [1.54, 1.807) is 15.9 Å². The van der Waals surface area contributed by atoms with E-state index >= 15 is 0 Å². The van der Waals surface area contributed by atoms with Gasteiger partial charge in [0.2, 0.25) is 0 Å². The van der Waals surface area contributed by atoms with Crippen LogP contribution in [0.2, 0.25) is 0 Å². The number of hydrogen-bond acceptors (Lipinski definition) is 6. The molecule has 0 N–H and O–H groups in total. The Hall–Kier alpha value is -1.93. The molecule has 0 saturated carbocycles. The lowest BCUT2D eigenvalue weighted by Gasteiger charge is -2.31. The molecule has 0 aromatic carbocycles. The molecule has 3 rings (SSSR count). The Labute approximate surface area is 150 Å². The molecule has 1 aromatic rings. The highest BCUT2D eigenvalue weighted by Gasteiger charge is 2.36. The molecule has 2 amide bonds. The van der Waals surface area contributed by atoms with Gasteiger partial charge in [0.25, 0.3) is 11.8 Å². The Morgan fingerprint density at radius 3 is 2.92 bits per heavy atom. The molecular weight excluding hydrogens is 344 g/mol. The molecule has 8 heteroatoms. The van der Waals surface area contributed by atoms with Crippen LogP contribution in [-0.4, -0.2) is 72.6 Å². The van der Waals surface area contributed by atoms with E-state index in [9.17, 15) is 14.4 Å². The number of carbonyl (C=O) groups is 3. The van der Waals surface area contributed by atoms with Crippen LogP contribution in [0.1, 0.15) is 29.4 Å². The maximum atomic E-state index is 12.5. The molecule has 2 aliphatic rings. The van der Waals surface area contributed by atoms with Crippen molar-refractivity contribution in [2.75, 3.05) is 32.8 Å². The molecule has 1 unspecified atom stereocenters. The largest absolute Gasteiger partial charge is 0.454 e. The monoisotopic (exact) mass is 366 g/mol. The molecule has 7 nitrogen and oxygen atoms in total. The van der Waals surface area contributed by atoms with Crippen LogP contribution in [0.3, 0.4) is 0 Å². The fraction of sp³-hybridized carbons (Fsp3) is 0.588. The summed E-state index contributed by atoms with van der Waals surface area (Å²) < 4.78 is 10.6. The number of likely N-dealkylation sites (tertiary alicyclic amines) is 1. The number of hydrogen-bond donors (Lipinski definition) is 0. The minimum absolute atomic E-state index is 0.0119. The van der Waals surface area contributed by atoms with E-state index < -0.39 is 12.0 Å². The molecule has 2 atom stereocenters. The summed E-state index contributed by atoms with van der Waals surface area (Å²) in [6.07, 6.45) is 1.31. The number of thiophene rings is 1. The maximum Gasteiger partial charge on any atom is 0.329 e. The van der Waals surface area contributed by atoms with Crippen molar-refractivity contribution >= 4 is 29.1 Å². The SMILES string of the molecule is CC1CN(C(=O)COC(=O)[C@@H]2CCCN2C(=O)c2cccs2)CCO1. The first kappa shape index (κ1) is 17.9. The quantitative estimate of drug-likeness (QED) is 0.747. The van der Waals surface area contributed by atoms with E-state index in [1.807, 2.05) is 18.4 Å². The van der Waals surface area contributed by atoms with Gasteiger partial charge in [0.15, 0.2) is 6.61 Å². The van der Waals surface area contributed by atoms with Crippen LogP contribution in [-0.2, 0) is 19.1 Å². The van der Waals surface area contributed by atoms with Crippen molar-refractivity contribution in [3.63, 3.8) is 0 Å². The number of amides is 2. The number of morpholine rings is 1. The first-order chi connectivity index (χ1) is 12.1. The van der Waals surface area contributed by atoms with Gasteiger partial charge in [-0.05, 0) is 31.2 Å². The van der Waals surface area contributed by atoms with Crippen LogP contribution in [0.15, 0.2) is 17.5 Å². The smallest absolute Gasteiger partial charge is 0.329 e. The predicted octanol–water partition coefficient (Wildman–Crippen LogP) is 1.14. The Balaban J connectivity index is 1.53. The Morgan fingerprint density at radius 2 is 2.20 bits per heavy atom. The van der Waals surface area contributed by atoms with E-state index in [2.05, 4.69) is 0 Å². The van der Waals surface area contributed by atoms with Gasteiger partial charge >= 0.3 is 5.97 Å². The van der Waals surface area contributed by atoms with E-state index in [4.69, 9.17) is 9.47 Å². The summed E-state index contributed by atoms with van der Waals surface area (Å²) in [7, 11) is 0. The Kier molecular flexibility index (Phi) is 5.70. The van der Waals surface area contributed by atoms with Gasteiger partial charge in [-0.2, -0.15) is 0 Å². The highest BCUT2D eigenvalue weighted by atomic mass is 32.1. The molecule has 0 aliphatic carbocycles. The topological polar surface area (TPSA) is 76.2 Å². The van der Waals surface area contributed by atoms with E-state index in [-0.39, 0.29) is 24.5 Å². The number of ether oxygens (including phenoxy) is 2. The predicted molar refractivity (Wildman–Crippen MR) is 91.3 cm³/mol. The summed E-state index contributed by atoms with van der Waals surface area (Å²) in [6, 6.07) is 2.95. The van der Waals surface area contributed by atoms with Gasteiger partial charge in [-0.3, -0.25) is 9.59 Å². The third-order valence-corrected chi connectivity index (χ3v) is 5.31. The fourth-order valence-electron chi connectivity index (χ4n) is 3.16. The maximum absolute atomic E-state index is 12.5. The van der Waals surface area contributed by atoms with Crippen LogP contribution in [0.5, 0.6) is 0 Å². The second-order valence-corrected chi connectivity index (χ2v) is 7.21. The van der Waals surface area contributed by atoms with Gasteiger partial charge in [-0.25, -0.2) is 4.79 Å². The summed E-state index contributed by atoms with van der Waals surface area (Å²) in [4.78, 5) is 40.8.